The molecule has 30 heavy (non-hydrogen) atoms. The van der Waals surface area contributed by atoms with Gasteiger partial charge in [-0.1, -0.05) is 29.8 Å². The predicted octanol–water partition coefficient (Wildman–Crippen LogP) is 0.686. The van der Waals surface area contributed by atoms with Gasteiger partial charge >= 0.3 is 5.97 Å². The first-order valence-corrected chi connectivity index (χ1v) is 10.8. The topological polar surface area (TPSA) is 86.6 Å². The Bertz CT molecular complexity index is 1060. The molecule has 2 aromatic rings. The van der Waals surface area contributed by atoms with Crippen LogP contribution < -0.4 is 20.1 Å². The van der Waals surface area contributed by atoms with Gasteiger partial charge in [-0.15, -0.1) is 11.3 Å². The van der Waals surface area contributed by atoms with Crippen molar-refractivity contribution in [3.05, 3.63) is 54.9 Å². The van der Waals surface area contributed by atoms with Gasteiger partial charge in [-0.2, -0.15) is 0 Å². The van der Waals surface area contributed by atoms with Gasteiger partial charge in [-0.25, -0.2) is 4.79 Å². The van der Waals surface area contributed by atoms with E-state index in [2.05, 4.69) is 5.32 Å². The summed E-state index contributed by atoms with van der Waals surface area (Å²) in [7, 11) is 0. The van der Waals surface area contributed by atoms with Gasteiger partial charge in [0, 0.05) is 13.2 Å². The summed E-state index contributed by atoms with van der Waals surface area (Å²) in [4.78, 5) is 37.3. The molecule has 7 nitrogen and oxygen atoms in total. The molecule has 0 radical (unpaired) electrons. The molecule has 0 bridgehead atoms. The summed E-state index contributed by atoms with van der Waals surface area (Å²) >= 11 is 1.16. The number of ether oxygens (including phenoxy) is 2. The summed E-state index contributed by atoms with van der Waals surface area (Å²) in [5.74, 6) is -0.847. The molecule has 0 saturated carbocycles. The molecule has 1 amide bonds. The number of amides is 1. The number of hydrogen-bond donors (Lipinski definition) is 1. The van der Waals surface area contributed by atoms with Gasteiger partial charge in [0.25, 0.3) is 5.56 Å². The van der Waals surface area contributed by atoms with E-state index in [1.165, 1.54) is 10.6 Å². The van der Waals surface area contributed by atoms with Crippen molar-refractivity contribution in [1.82, 2.24) is 9.88 Å². The highest BCUT2D eigenvalue weighted by atomic mass is 32.1. The average molecular weight is 431 g/mol. The molecule has 0 spiro atoms. The van der Waals surface area contributed by atoms with E-state index in [9.17, 15) is 14.4 Å². The number of carbonyl (C=O) groups is 2. The predicted molar refractivity (Wildman–Crippen MR) is 116 cm³/mol. The van der Waals surface area contributed by atoms with Gasteiger partial charge in [0.15, 0.2) is 0 Å². The Morgan fingerprint density at radius 3 is 2.77 bits per heavy atom. The van der Waals surface area contributed by atoms with Crippen LogP contribution in [0.25, 0.3) is 12.2 Å². The fourth-order valence-electron chi connectivity index (χ4n) is 3.12. The summed E-state index contributed by atoms with van der Waals surface area (Å²) in [6.45, 7) is 4.88. The van der Waals surface area contributed by atoms with Crippen LogP contribution >= 0.6 is 11.3 Å². The number of rotatable bonds is 7. The second kappa shape index (κ2) is 10.4. The van der Waals surface area contributed by atoms with E-state index in [1.807, 2.05) is 31.2 Å². The molecule has 0 aliphatic carbocycles. The summed E-state index contributed by atoms with van der Waals surface area (Å²) in [5.41, 5.74) is 1.68. The maximum absolute atomic E-state index is 13.0. The Balaban J connectivity index is 1.89. The Morgan fingerprint density at radius 2 is 2.10 bits per heavy atom. The Hall–Kier alpha value is -2.71. The van der Waals surface area contributed by atoms with Crippen LogP contribution in [-0.2, 0) is 25.6 Å². The molecule has 2 heterocycles. The second-order valence-corrected chi connectivity index (χ2v) is 8.15. The first kappa shape index (κ1) is 22.0. The fourth-order valence-corrected chi connectivity index (χ4v) is 4.15. The number of aryl methyl sites for hydroxylation is 1. The normalized spacial score (nSPS) is 17.3. The minimum absolute atomic E-state index is 0.0177. The van der Waals surface area contributed by atoms with Gasteiger partial charge in [-0.3, -0.25) is 14.2 Å². The molecule has 8 heteroatoms. The lowest BCUT2D eigenvalue weighted by Crippen LogP contribution is -2.40. The molecule has 3 rings (SSSR count). The van der Waals surface area contributed by atoms with Crippen LogP contribution in [-0.4, -0.2) is 42.3 Å². The third-order valence-corrected chi connectivity index (χ3v) is 5.75. The number of carbonyl (C=O) groups excluding carboxylic acids is 2. The van der Waals surface area contributed by atoms with Crippen LogP contribution in [0.3, 0.4) is 0 Å². The molecule has 1 aromatic heterocycles. The maximum atomic E-state index is 13.0. The molecule has 1 aromatic carbocycles. The van der Waals surface area contributed by atoms with Crippen LogP contribution in [0.2, 0.25) is 0 Å². The lowest BCUT2D eigenvalue weighted by Gasteiger charge is -2.10. The number of hydrogen-bond acceptors (Lipinski definition) is 6. The number of nitrogens with zero attached hydrogens (tertiary/aromatic N) is 1. The third kappa shape index (κ3) is 5.90. The zero-order valence-corrected chi connectivity index (χ0v) is 18.0. The minimum Gasteiger partial charge on any atom is -0.463 e. The highest BCUT2D eigenvalue weighted by Gasteiger charge is 2.17. The summed E-state index contributed by atoms with van der Waals surface area (Å²) in [6.07, 6.45) is 4.94. The molecule has 1 saturated heterocycles. The van der Waals surface area contributed by atoms with Crippen molar-refractivity contribution in [2.45, 2.75) is 39.3 Å². The van der Waals surface area contributed by atoms with Crippen LogP contribution in [0, 0.1) is 6.92 Å². The highest BCUT2D eigenvalue weighted by molar-refractivity contribution is 7.07. The van der Waals surface area contributed by atoms with E-state index in [0.29, 0.717) is 22.3 Å². The fraction of sp³-hybridized carbons (Fsp3) is 0.409. The monoisotopic (exact) mass is 430 g/mol. The van der Waals surface area contributed by atoms with Crippen LogP contribution in [0.15, 0.2) is 29.1 Å². The number of nitrogens with one attached hydrogen (secondary N) is 1. The zero-order valence-electron chi connectivity index (χ0n) is 17.2. The summed E-state index contributed by atoms with van der Waals surface area (Å²) < 4.78 is 12.6. The largest absolute Gasteiger partial charge is 0.463 e. The SMILES string of the molecule is CCOC(=O)/C=c1\s/c(=C/c2ccc(C)cc2)c(=O)n1CC(=O)NCC1CCCO1. The lowest BCUT2D eigenvalue weighted by molar-refractivity contribution is -0.135. The maximum Gasteiger partial charge on any atom is 0.333 e. The van der Waals surface area contributed by atoms with Crippen LogP contribution in [0.4, 0.5) is 0 Å². The van der Waals surface area contributed by atoms with E-state index in [1.54, 1.807) is 13.0 Å². The number of thiazole rings is 1. The molecular formula is C22H26N2O5S. The van der Waals surface area contributed by atoms with Crippen molar-refractivity contribution in [2.75, 3.05) is 19.8 Å². The molecule has 160 valence electrons. The Labute approximate surface area is 178 Å². The third-order valence-electron chi connectivity index (χ3n) is 4.69. The first-order chi connectivity index (χ1) is 14.5. The molecule has 1 aliphatic rings. The second-order valence-electron chi connectivity index (χ2n) is 7.09. The van der Waals surface area contributed by atoms with E-state index in [4.69, 9.17) is 9.47 Å². The highest BCUT2D eigenvalue weighted by Crippen LogP contribution is 2.10. The Kier molecular flexibility index (Phi) is 7.59. The minimum atomic E-state index is -0.547. The van der Waals surface area contributed by atoms with Crippen molar-refractivity contribution in [3.8, 4) is 0 Å². The van der Waals surface area contributed by atoms with Gasteiger partial charge in [0.2, 0.25) is 5.91 Å². The molecule has 1 aliphatic heterocycles. The van der Waals surface area contributed by atoms with Gasteiger partial charge in [-0.05, 0) is 38.3 Å². The molecule has 1 unspecified atom stereocenters. The van der Waals surface area contributed by atoms with Gasteiger partial charge in [0.1, 0.15) is 11.2 Å². The van der Waals surface area contributed by atoms with Crippen molar-refractivity contribution >= 4 is 35.4 Å². The van der Waals surface area contributed by atoms with Crippen molar-refractivity contribution in [3.63, 3.8) is 0 Å². The molecule has 1 atom stereocenters. The molecule has 1 N–H and O–H groups in total. The number of aromatic nitrogens is 1. The summed E-state index contributed by atoms with van der Waals surface area (Å²) in [5, 5.41) is 2.81. The summed E-state index contributed by atoms with van der Waals surface area (Å²) in [6, 6.07) is 7.76. The van der Waals surface area contributed by atoms with Crippen LogP contribution in [0.1, 0.15) is 30.9 Å². The first-order valence-electron chi connectivity index (χ1n) is 10.0. The van der Waals surface area contributed by atoms with Gasteiger partial charge < -0.3 is 14.8 Å². The zero-order chi connectivity index (χ0) is 21.5. The number of esters is 1. The lowest BCUT2D eigenvalue weighted by atomic mass is 10.1. The standard InChI is InChI=1S/C22H26N2O5S/c1-3-28-21(26)12-20-24(14-19(25)23-13-17-5-4-10-29-17)22(27)18(30-20)11-16-8-6-15(2)7-9-16/h6-9,11-12,17H,3-5,10,13-14H2,1-2H3,(H,23,25)/b18-11+,20-12-. The number of benzene rings is 1. The Morgan fingerprint density at radius 1 is 1.33 bits per heavy atom. The molecule has 1 fully saturated rings. The van der Waals surface area contributed by atoms with Crippen molar-refractivity contribution < 1.29 is 19.1 Å². The van der Waals surface area contributed by atoms with E-state index in [0.717, 1.165) is 35.3 Å². The average Bonchev–Trinajstić information content (AvgIpc) is 3.33. The van der Waals surface area contributed by atoms with Crippen molar-refractivity contribution in [1.29, 1.82) is 0 Å². The molecular weight excluding hydrogens is 404 g/mol. The van der Waals surface area contributed by atoms with Gasteiger partial charge in [0.05, 0.1) is 23.3 Å². The quantitative estimate of drug-likeness (QED) is 0.653. The van der Waals surface area contributed by atoms with E-state index >= 15 is 0 Å². The van der Waals surface area contributed by atoms with E-state index < -0.39 is 5.97 Å². The van der Waals surface area contributed by atoms with E-state index in [-0.39, 0.29) is 30.7 Å². The van der Waals surface area contributed by atoms with Crippen LogP contribution in [0.5, 0.6) is 0 Å². The van der Waals surface area contributed by atoms with Crippen molar-refractivity contribution in [2.24, 2.45) is 0 Å². The smallest absolute Gasteiger partial charge is 0.333 e.